The lowest BCUT2D eigenvalue weighted by Crippen LogP contribution is -2.57. The van der Waals surface area contributed by atoms with Crippen molar-refractivity contribution in [1.29, 1.82) is 0 Å². The summed E-state index contributed by atoms with van der Waals surface area (Å²) < 4.78 is 10.0. The molecule has 0 bridgehead atoms. The SMILES string of the molecule is COC(CNC(=O)C1(C)CCCCN1)OC. The molecule has 5 nitrogen and oxygen atoms in total. The van der Waals surface area contributed by atoms with E-state index < -0.39 is 5.54 Å². The van der Waals surface area contributed by atoms with Crippen LogP contribution < -0.4 is 10.6 Å². The second kappa shape index (κ2) is 6.18. The third-order valence-electron chi connectivity index (χ3n) is 3.07. The van der Waals surface area contributed by atoms with Crippen molar-refractivity contribution in [1.82, 2.24) is 10.6 Å². The molecular weight excluding hydrogens is 208 g/mol. The summed E-state index contributed by atoms with van der Waals surface area (Å²) in [5.41, 5.74) is -0.440. The van der Waals surface area contributed by atoms with Crippen LogP contribution in [0.3, 0.4) is 0 Å². The summed E-state index contributed by atoms with van der Waals surface area (Å²) in [6, 6.07) is 0. The molecule has 0 radical (unpaired) electrons. The molecule has 0 spiro atoms. The number of ether oxygens (including phenoxy) is 2. The lowest BCUT2D eigenvalue weighted by Gasteiger charge is -2.33. The van der Waals surface area contributed by atoms with Gasteiger partial charge in [-0.3, -0.25) is 4.79 Å². The average Bonchev–Trinajstić information content (AvgIpc) is 2.31. The van der Waals surface area contributed by atoms with E-state index in [0.29, 0.717) is 6.54 Å². The predicted molar refractivity (Wildman–Crippen MR) is 61.1 cm³/mol. The minimum absolute atomic E-state index is 0.0197. The van der Waals surface area contributed by atoms with Gasteiger partial charge in [-0.05, 0) is 32.7 Å². The number of nitrogens with one attached hydrogen (secondary N) is 2. The highest BCUT2D eigenvalue weighted by Crippen LogP contribution is 2.18. The second-order valence-corrected chi connectivity index (χ2v) is 4.33. The predicted octanol–water partition coefficient (Wildman–Crippen LogP) is 0.254. The van der Waals surface area contributed by atoms with Crippen molar-refractivity contribution in [3.8, 4) is 0 Å². The number of hydrogen-bond acceptors (Lipinski definition) is 4. The molecule has 94 valence electrons. The molecule has 5 heteroatoms. The van der Waals surface area contributed by atoms with Crippen LogP contribution in [0.4, 0.5) is 0 Å². The van der Waals surface area contributed by atoms with Gasteiger partial charge >= 0.3 is 0 Å². The van der Waals surface area contributed by atoms with Crippen LogP contribution in [0, 0.1) is 0 Å². The normalized spacial score (nSPS) is 25.8. The monoisotopic (exact) mass is 230 g/mol. The summed E-state index contributed by atoms with van der Waals surface area (Å²) in [7, 11) is 3.11. The standard InChI is InChI=1S/C11H22N2O3/c1-11(6-4-5-7-13-11)10(14)12-8-9(15-2)16-3/h9,13H,4-8H2,1-3H3,(H,12,14). The summed E-state index contributed by atoms with van der Waals surface area (Å²) in [6.45, 7) is 3.22. The summed E-state index contributed by atoms with van der Waals surface area (Å²) in [5, 5.41) is 6.10. The Kier molecular flexibility index (Phi) is 5.18. The first-order valence-electron chi connectivity index (χ1n) is 5.71. The van der Waals surface area contributed by atoms with Crippen LogP contribution in [-0.4, -0.2) is 45.0 Å². The van der Waals surface area contributed by atoms with Crippen LogP contribution in [0.25, 0.3) is 0 Å². The third-order valence-corrected chi connectivity index (χ3v) is 3.07. The quantitative estimate of drug-likeness (QED) is 0.665. The molecule has 2 N–H and O–H groups in total. The zero-order chi connectivity index (χ0) is 12.0. The molecule has 0 aromatic carbocycles. The van der Waals surface area contributed by atoms with E-state index >= 15 is 0 Å². The molecule has 1 amide bonds. The Bertz CT molecular complexity index is 223. The minimum Gasteiger partial charge on any atom is -0.354 e. The molecule has 1 rings (SSSR count). The molecule has 0 aromatic rings. The zero-order valence-electron chi connectivity index (χ0n) is 10.3. The number of piperidine rings is 1. The minimum atomic E-state index is -0.440. The molecule has 1 fully saturated rings. The molecule has 0 aliphatic carbocycles. The lowest BCUT2D eigenvalue weighted by atomic mass is 9.90. The Morgan fingerprint density at radius 1 is 1.44 bits per heavy atom. The molecule has 1 saturated heterocycles. The van der Waals surface area contributed by atoms with E-state index in [4.69, 9.17) is 9.47 Å². The summed E-state index contributed by atoms with van der Waals surface area (Å²) in [5.74, 6) is 0.0197. The maximum atomic E-state index is 12.0. The maximum Gasteiger partial charge on any atom is 0.240 e. The van der Waals surface area contributed by atoms with Crippen molar-refractivity contribution >= 4 is 5.91 Å². The van der Waals surface area contributed by atoms with E-state index in [1.807, 2.05) is 6.92 Å². The van der Waals surface area contributed by atoms with Gasteiger partial charge < -0.3 is 20.1 Å². The molecule has 1 atom stereocenters. The van der Waals surface area contributed by atoms with Gasteiger partial charge in [-0.25, -0.2) is 0 Å². The van der Waals surface area contributed by atoms with Gasteiger partial charge in [0.2, 0.25) is 5.91 Å². The molecule has 0 saturated carbocycles. The van der Waals surface area contributed by atoms with Gasteiger partial charge in [0.1, 0.15) is 0 Å². The van der Waals surface area contributed by atoms with Crippen molar-refractivity contribution in [3.05, 3.63) is 0 Å². The number of carbonyl (C=O) groups is 1. The molecule has 1 unspecified atom stereocenters. The van der Waals surface area contributed by atoms with Crippen LogP contribution in [0.15, 0.2) is 0 Å². The highest BCUT2D eigenvalue weighted by molar-refractivity contribution is 5.85. The fourth-order valence-electron chi connectivity index (χ4n) is 1.88. The van der Waals surface area contributed by atoms with Crippen LogP contribution >= 0.6 is 0 Å². The molecule has 1 aliphatic rings. The van der Waals surface area contributed by atoms with Crippen molar-refractivity contribution in [3.63, 3.8) is 0 Å². The van der Waals surface area contributed by atoms with Crippen LogP contribution in [0.2, 0.25) is 0 Å². The summed E-state index contributed by atoms with van der Waals surface area (Å²) in [6.07, 6.45) is 2.73. The average molecular weight is 230 g/mol. The summed E-state index contributed by atoms with van der Waals surface area (Å²) in [4.78, 5) is 12.0. The zero-order valence-corrected chi connectivity index (χ0v) is 10.3. The van der Waals surface area contributed by atoms with Gasteiger partial charge in [0.05, 0.1) is 12.1 Å². The molecule has 16 heavy (non-hydrogen) atoms. The highest BCUT2D eigenvalue weighted by Gasteiger charge is 2.34. The Morgan fingerprint density at radius 2 is 2.12 bits per heavy atom. The number of hydrogen-bond donors (Lipinski definition) is 2. The van der Waals surface area contributed by atoms with Crippen molar-refractivity contribution in [2.45, 2.75) is 38.0 Å². The Labute approximate surface area is 96.9 Å². The molecule has 1 aliphatic heterocycles. The smallest absolute Gasteiger partial charge is 0.240 e. The third kappa shape index (κ3) is 3.43. The van der Waals surface area contributed by atoms with E-state index in [-0.39, 0.29) is 12.2 Å². The first-order valence-corrected chi connectivity index (χ1v) is 5.71. The maximum absolute atomic E-state index is 12.0. The Morgan fingerprint density at radius 3 is 2.62 bits per heavy atom. The number of amides is 1. The number of rotatable bonds is 5. The molecule has 0 aromatic heterocycles. The fourth-order valence-corrected chi connectivity index (χ4v) is 1.88. The van der Waals surface area contributed by atoms with E-state index in [0.717, 1.165) is 25.8 Å². The van der Waals surface area contributed by atoms with Gasteiger partial charge in [0, 0.05) is 14.2 Å². The van der Waals surface area contributed by atoms with Crippen molar-refractivity contribution < 1.29 is 14.3 Å². The van der Waals surface area contributed by atoms with Gasteiger partial charge in [-0.1, -0.05) is 0 Å². The van der Waals surface area contributed by atoms with E-state index in [9.17, 15) is 4.79 Å². The summed E-state index contributed by atoms with van der Waals surface area (Å²) >= 11 is 0. The molecule has 1 heterocycles. The van der Waals surface area contributed by atoms with Gasteiger partial charge in [0.15, 0.2) is 6.29 Å². The van der Waals surface area contributed by atoms with Crippen LogP contribution in [-0.2, 0) is 14.3 Å². The molecular formula is C11H22N2O3. The van der Waals surface area contributed by atoms with Gasteiger partial charge in [0.25, 0.3) is 0 Å². The fraction of sp³-hybridized carbons (Fsp3) is 0.909. The topological polar surface area (TPSA) is 59.6 Å². The van der Waals surface area contributed by atoms with E-state index in [1.165, 1.54) is 0 Å². The highest BCUT2D eigenvalue weighted by atomic mass is 16.7. The van der Waals surface area contributed by atoms with Crippen molar-refractivity contribution in [2.75, 3.05) is 27.3 Å². The number of carbonyl (C=O) groups excluding carboxylic acids is 1. The first-order chi connectivity index (χ1) is 7.62. The largest absolute Gasteiger partial charge is 0.354 e. The second-order valence-electron chi connectivity index (χ2n) is 4.33. The van der Waals surface area contributed by atoms with Gasteiger partial charge in [-0.15, -0.1) is 0 Å². The van der Waals surface area contributed by atoms with Crippen molar-refractivity contribution in [2.24, 2.45) is 0 Å². The van der Waals surface area contributed by atoms with Gasteiger partial charge in [-0.2, -0.15) is 0 Å². The Hall–Kier alpha value is -0.650. The van der Waals surface area contributed by atoms with E-state index in [2.05, 4.69) is 10.6 Å². The number of methoxy groups -OCH3 is 2. The Balaban J connectivity index is 2.38. The first kappa shape index (κ1) is 13.4. The van der Waals surface area contributed by atoms with Crippen LogP contribution in [0.1, 0.15) is 26.2 Å². The van der Waals surface area contributed by atoms with E-state index in [1.54, 1.807) is 14.2 Å². The lowest BCUT2D eigenvalue weighted by molar-refractivity contribution is -0.133. The van der Waals surface area contributed by atoms with Crippen LogP contribution in [0.5, 0.6) is 0 Å².